The molecular formula is C18H24O8. The number of aliphatic carboxylic acids is 2. The standard InChI is InChI=1S/C18H24O8/c1-12(19)26-11-16(20)15(7-14(18(23)24)8-17(21)22)10-25-9-13-5-3-2-4-6-13/h2-6,14-16,20H,7-11H2,1H3,(H,21,22)(H,23,24)/t14?,15-,16-/m1/s1. The van der Waals surface area contributed by atoms with Crippen molar-refractivity contribution in [3.05, 3.63) is 35.9 Å². The molecule has 3 atom stereocenters. The van der Waals surface area contributed by atoms with Gasteiger partial charge in [0.05, 0.1) is 31.7 Å². The molecule has 0 saturated carbocycles. The van der Waals surface area contributed by atoms with Crippen LogP contribution >= 0.6 is 0 Å². The summed E-state index contributed by atoms with van der Waals surface area (Å²) in [4.78, 5) is 33.0. The van der Waals surface area contributed by atoms with Crippen molar-refractivity contribution in [1.82, 2.24) is 0 Å². The second-order valence-corrected chi connectivity index (χ2v) is 6.00. The number of hydrogen-bond acceptors (Lipinski definition) is 6. The third kappa shape index (κ3) is 8.59. The van der Waals surface area contributed by atoms with Crippen LogP contribution in [0, 0.1) is 11.8 Å². The Balaban J connectivity index is 2.71. The Morgan fingerprint density at radius 3 is 2.27 bits per heavy atom. The summed E-state index contributed by atoms with van der Waals surface area (Å²) < 4.78 is 10.3. The summed E-state index contributed by atoms with van der Waals surface area (Å²) in [6, 6.07) is 9.26. The van der Waals surface area contributed by atoms with Gasteiger partial charge in [-0.3, -0.25) is 14.4 Å². The van der Waals surface area contributed by atoms with Crippen molar-refractivity contribution >= 4 is 17.9 Å². The molecule has 1 aromatic carbocycles. The molecular weight excluding hydrogens is 344 g/mol. The molecule has 8 nitrogen and oxygen atoms in total. The third-order valence-corrected chi connectivity index (χ3v) is 3.80. The number of rotatable bonds is 12. The molecule has 0 heterocycles. The van der Waals surface area contributed by atoms with Crippen LogP contribution in [0.3, 0.4) is 0 Å². The molecule has 0 aromatic heterocycles. The van der Waals surface area contributed by atoms with Crippen molar-refractivity contribution in [2.24, 2.45) is 11.8 Å². The Kier molecular flexibility index (Phi) is 9.32. The molecule has 0 aliphatic carbocycles. The van der Waals surface area contributed by atoms with E-state index >= 15 is 0 Å². The molecule has 0 aliphatic heterocycles. The monoisotopic (exact) mass is 368 g/mol. The topological polar surface area (TPSA) is 130 Å². The van der Waals surface area contributed by atoms with Gasteiger partial charge in [-0.25, -0.2) is 0 Å². The van der Waals surface area contributed by atoms with Crippen LogP contribution in [-0.4, -0.2) is 52.5 Å². The van der Waals surface area contributed by atoms with Crippen LogP contribution in [0.15, 0.2) is 30.3 Å². The summed E-state index contributed by atoms with van der Waals surface area (Å²) in [5.74, 6) is -4.95. The largest absolute Gasteiger partial charge is 0.481 e. The fourth-order valence-corrected chi connectivity index (χ4v) is 2.43. The van der Waals surface area contributed by atoms with Gasteiger partial charge in [0.15, 0.2) is 0 Å². The van der Waals surface area contributed by atoms with Gasteiger partial charge < -0.3 is 24.8 Å². The average Bonchev–Trinajstić information content (AvgIpc) is 2.58. The van der Waals surface area contributed by atoms with Gasteiger partial charge in [-0.2, -0.15) is 0 Å². The van der Waals surface area contributed by atoms with E-state index in [9.17, 15) is 24.6 Å². The van der Waals surface area contributed by atoms with Crippen LogP contribution in [0.2, 0.25) is 0 Å². The van der Waals surface area contributed by atoms with Gasteiger partial charge in [-0.05, 0) is 12.0 Å². The fraction of sp³-hybridized carbons (Fsp3) is 0.500. The van der Waals surface area contributed by atoms with E-state index in [0.29, 0.717) is 0 Å². The Morgan fingerprint density at radius 2 is 1.73 bits per heavy atom. The summed E-state index contributed by atoms with van der Waals surface area (Å²) in [7, 11) is 0. The molecule has 1 unspecified atom stereocenters. The number of esters is 1. The second-order valence-electron chi connectivity index (χ2n) is 6.00. The molecule has 8 heteroatoms. The molecule has 0 saturated heterocycles. The van der Waals surface area contributed by atoms with Crippen LogP contribution < -0.4 is 0 Å². The highest BCUT2D eigenvalue weighted by atomic mass is 16.5. The molecule has 0 radical (unpaired) electrons. The highest BCUT2D eigenvalue weighted by Gasteiger charge is 2.29. The third-order valence-electron chi connectivity index (χ3n) is 3.80. The van der Waals surface area contributed by atoms with Crippen molar-refractivity contribution in [3.8, 4) is 0 Å². The number of carboxylic acids is 2. The zero-order chi connectivity index (χ0) is 19.5. The minimum absolute atomic E-state index is 0.000719. The normalized spacial score (nSPS) is 14.2. The van der Waals surface area contributed by atoms with Gasteiger partial charge >= 0.3 is 17.9 Å². The second kappa shape index (κ2) is 11.2. The zero-order valence-electron chi connectivity index (χ0n) is 14.5. The molecule has 1 aromatic rings. The van der Waals surface area contributed by atoms with E-state index in [1.165, 1.54) is 6.92 Å². The van der Waals surface area contributed by atoms with Crippen molar-refractivity contribution in [2.45, 2.75) is 32.5 Å². The van der Waals surface area contributed by atoms with Gasteiger partial charge in [-0.1, -0.05) is 30.3 Å². The quantitative estimate of drug-likeness (QED) is 0.471. The van der Waals surface area contributed by atoms with Crippen molar-refractivity contribution in [1.29, 1.82) is 0 Å². The van der Waals surface area contributed by atoms with Crippen LogP contribution in [0.5, 0.6) is 0 Å². The van der Waals surface area contributed by atoms with Crippen molar-refractivity contribution in [2.75, 3.05) is 13.2 Å². The first-order valence-corrected chi connectivity index (χ1v) is 8.17. The van der Waals surface area contributed by atoms with E-state index in [1.807, 2.05) is 30.3 Å². The lowest BCUT2D eigenvalue weighted by molar-refractivity contribution is -0.151. The average molecular weight is 368 g/mol. The Bertz CT molecular complexity index is 586. The lowest BCUT2D eigenvalue weighted by Gasteiger charge is -2.25. The van der Waals surface area contributed by atoms with E-state index in [0.717, 1.165) is 5.56 Å². The highest BCUT2D eigenvalue weighted by molar-refractivity contribution is 5.77. The number of aliphatic hydroxyl groups is 1. The van der Waals surface area contributed by atoms with Gasteiger partial charge in [0, 0.05) is 12.8 Å². The van der Waals surface area contributed by atoms with Gasteiger partial charge in [-0.15, -0.1) is 0 Å². The van der Waals surface area contributed by atoms with E-state index in [-0.39, 0.29) is 26.2 Å². The summed E-state index contributed by atoms with van der Waals surface area (Å²) in [5.41, 5.74) is 0.904. The maximum atomic E-state index is 11.3. The van der Waals surface area contributed by atoms with Crippen LogP contribution in [0.25, 0.3) is 0 Å². The number of benzene rings is 1. The van der Waals surface area contributed by atoms with E-state index in [1.54, 1.807) is 0 Å². The maximum absolute atomic E-state index is 11.3. The molecule has 0 fully saturated rings. The number of aliphatic hydroxyl groups excluding tert-OH is 1. The molecule has 3 N–H and O–H groups in total. The van der Waals surface area contributed by atoms with Crippen LogP contribution in [-0.2, 0) is 30.5 Å². The van der Waals surface area contributed by atoms with Gasteiger partial charge in [0.2, 0.25) is 0 Å². The molecule has 0 bridgehead atoms. The van der Waals surface area contributed by atoms with Gasteiger partial charge in [0.25, 0.3) is 0 Å². The molecule has 0 aliphatic rings. The summed E-state index contributed by atoms with van der Waals surface area (Å²) in [6.07, 6.45) is -1.84. The van der Waals surface area contributed by atoms with Crippen LogP contribution in [0.1, 0.15) is 25.3 Å². The minimum atomic E-state index is -1.26. The first-order valence-electron chi connectivity index (χ1n) is 8.17. The Hall–Kier alpha value is -2.45. The lowest BCUT2D eigenvalue weighted by Crippen LogP contribution is -2.34. The molecule has 144 valence electrons. The molecule has 1 rings (SSSR count). The maximum Gasteiger partial charge on any atom is 0.307 e. The Morgan fingerprint density at radius 1 is 1.08 bits per heavy atom. The fourth-order valence-electron chi connectivity index (χ4n) is 2.43. The van der Waals surface area contributed by atoms with E-state index in [4.69, 9.17) is 14.6 Å². The number of carbonyl (C=O) groups is 3. The molecule has 0 spiro atoms. The van der Waals surface area contributed by atoms with Crippen LogP contribution in [0.4, 0.5) is 0 Å². The summed E-state index contributed by atoms with van der Waals surface area (Å²) in [5, 5.41) is 28.3. The smallest absolute Gasteiger partial charge is 0.307 e. The molecule has 26 heavy (non-hydrogen) atoms. The minimum Gasteiger partial charge on any atom is -0.481 e. The lowest BCUT2D eigenvalue weighted by atomic mass is 9.89. The van der Waals surface area contributed by atoms with Gasteiger partial charge in [0.1, 0.15) is 6.61 Å². The highest BCUT2D eigenvalue weighted by Crippen LogP contribution is 2.21. The number of carboxylic acid groups (broad SMARTS) is 2. The first-order chi connectivity index (χ1) is 12.3. The molecule has 0 amide bonds. The van der Waals surface area contributed by atoms with E-state index < -0.39 is 42.3 Å². The number of hydrogen-bond donors (Lipinski definition) is 3. The number of carbonyl (C=O) groups excluding carboxylic acids is 1. The summed E-state index contributed by atoms with van der Waals surface area (Å²) in [6.45, 7) is 1.14. The van der Waals surface area contributed by atoms with E-state index in [2.05, 4.69) is 0 Å². The summed E-state index contributed by atoms with van der Waals surface area (Å²) >= 11 is 0. The van der Waals surface area contributed by atoms with Crippen molar-refractivity contribution in [3.63, 3.8) is 0 Å². The Labute approximate surface area is 151 Å². The number of ether oxygens (including phenoxy) is 2. The predicted octanol–water partition coefficient (Wildman–Crippen LogP) is 1.31. The first kappa shape index (κ1) is 21.6. The van der Waals surface area contributed by atoms with Crippen molar-refractivity contribution < 1.29 is 39.2 Å². The zero-order valence-corrected chi connectivity index (χ0v) is 14.5. The predicted molar refractivity (Wildman–Crippen MR) is 90.2 cm³/mol. The SMILES string of the molecule is CC(=O)OC[C@@H](O)[C@@H](COCc1ccccc1)CC(CC(=O)O)C(=O)O.